The molecule has 1 aliphatic heterocycles. The monoisotopic (exact) mass is 214 g/mol. The van der Waals surface area contributed by atoms with Crippen LogP contribution in [-0.2, 0) is 4.74 Å². The Morgan fingerprint density at radius 1 is 1.47 bits per heavy atom. The number of rotatable bonds is 3. The average molecular weight is 214 g/mol. The first-order chi connectivity index (χ1) is 7.24. The normalized spacial score (nSPS) is 34.6. The van der Waals surface area contributed by atoms with Gasteiger partial charge in [-0.05, 0) is 25.2 Å². The van der Waals surface area contributed by atoms with Crippen LogP contribution in [-0.4, -0.2) is 43.0 Å². The molecule has 1 aliphatic carbocycles. The molecular weight excluding hydrogens is 196 g/mol. The molecule has 5 heteroatoms. The molecule has 0 aromatic rings. The molecular formula is C10H18N2O3. The minimum atomic E-state index is -0.150. The van der Waals surface area contributed by atoms with E-state index in [-0.39, 0.29) is 18.2 Å². The number of ether oxygens (including phenoxy) is 1. The van der Waals surface area contributed by atoms with Gasteiger partial charge in [0.25, 0.3) is 0 Å². The third-order valence-electron chi connectivity index (χ3n) is 3.03. The fourth-order valence-electron chi connectivity index (χ4n) is 1.99. The predicted octanol–water partition coefficient (Wildman–Crippen LogP) is -0.155. The van der Waals surface area contributed by atoms with Crippen LogP contribution >= 0.6 is 0 Å². The van der Waals surface area contributed by atoms with E-state index in [2.05, 4.69) is 10.6 Å². The fourth-order valence-corrected chi connectivity index (χ4v) is 1.99. The fraction of sp³-hybridized carbons (Fsp3) is 0.900. The number of urea groups is 1. The van der Waals surface area contributed by atoms with Gasteiger partial charge in [0.2, 0.25) is 0 Å². The van der Waals surface area contributed by atoms with Crippen molar-refractivity contribution >= 4 is 6.03 Å². The molecule has 1 saturated heterocycles. The van der Waals surface area contributed by atoms with Gasteiger partial charge in [-0.2, -0.15) is 0 Å². The average Bonchev–Trinajstić information content (AvgIpc) is 2.63. The highest BCUT2D eigenvalue weighted by atomic mass is 16.5. The molecule has 0 spiro atoms. The summed E-state index contributed by atoms with van der Waals surface area (Å²) >= 11 is 0. The molecule has 15 heavy (non-hydrogen) atoms. The van der Waals surface area contributed by atoms with Crippen LogP contribution < -0.4 is 10.6 Å². The predicted molar refractivity (Wildman–Crippen MR) is 54.5 cm³/mol. The molecule has 0 bridgehead atoms. The number of hydrogen-bond donors (Lipinski definition) is 3. The standard InChI is InChI=1S/C10H18N2O3/c13-9-3-7(4-9)5-11-10(14)12-8-1-2-15-6-8/h7-9,13H,1-6H2,(H2,11,12,14). The van der Waals surface area contributed by atoms with E-state index in [1.54, 1.807) is 0 Å². The van der Waals surface area contributed by atoms with Gasteiger partial charge in [-0.15, -0.1) is 0 Å². The first-order valence-corrected chi connectivity index (χ1v) is 5.54. The summed E-state index contributed by atoms with van der Waals surface area (Å²) in [4.78, 5) is 11.4. The third-order valence-corrected chi connectivity index (χ3v) is 3.03. The Morgan fingerprint density at radius 3 is 2.87 bits per heavy atom. The molecule has 1 heterocycles. The minimum absolute atomic E-state index is 0.119. The van der Waals surface area contributed by atoms with E-state index in [0.29, 0.717) is 19.1 Å². The van der Waals surface area contributed by atoms with Crippen molar-refractivity contribution in [1.82, 2.24) is 10.6 Å². The Kier molecular flexibility index (Phi) is 3.43. The van der Waals surface area contributed by atoms with Gasteiger partial charge in [-0.3, -0.25) is 0 Å². The van der Waals surface area contributed by atoms with Crippen LogP contribution in [0, 0.1) is 5.92 Å². The highest BCUT2D eigenvalue weighted by Crippen LogP contribution is 2.25. The van der Waals surface area contributed by atoms with Gasteiger partial charge in [-0.25, -0.2) is 4.79 Å². The smallest absolute Gasteiger partial charge is 0.315 e. The molecule has 86 valence electrons. The van der Waals surface area contributed by atoms with Crippen molar-refractivity contribution in [1.29, 1.82) is 0 Å². The second-order valence-electron chi connectivity index (χ2n) is 4.41. The van der Waals surface area contributed by atoms with Gasteiger partial charge in [0.05, 0.1) is 18.8 Å². The van der Waals surface area contributed by atoms with Gasteiger partial charge in [-0.1, -0.05) is 0 Å². The molecule has 1 saturated carbocycles. The number of amides is 2. The van der Waals surface area contributed by atoms with E-state index >= 15 is 0 Å². The second-order valence-corrected chi connectivity index (χ2v) is 4.41. The van der Waals surface area contributed by atoms with E-state index in [1.165, 1.54) is 0 Å². The number of carbonyl (C=O) groups excluding carboxylic acids is 1. The van der Waals surface area contributed by atoms with Crippen molar-refractivity contribution in [3.8, 4) is 0 Å². The van der Waals surface area contributed by atoms with Crippen molar-refractivity contribution in [3.05, 3.63) is 0 Å². The molecule has 0 radical (unpaired) electrons. The summed E-state index contributed by atoms with van der Waals surface area (Å²) in [5.41, 5.74) is 0. The summed E-state index contributed by atoms with van der Waals surface area (Å²) in [6.45, 7) is 2.02. The van der Waals surface area contributed by atoms with Gasteiger partial charge >= 0.3 is 6.03 Å². The molecule has 5 nitrogen and oxygen atoms in total. The lowest BCUT2D eigenvalue weighted by Crippen LogP contribution is -2.46. The highest BCUT2D eigenvalue weighted by molar-refractivity contribution is 5.74. The summed E-state index contributed by atoms with van der Waals surface area (Å²) in [5.74, 6) is 0.450. The number of hydrogen-bond acceptors (Lipinski definition) is 3. The van der Waals surface area contributed by atoms with E-state index in [4.69, 9.17) is 9.84 Å². The summed E-state index contributed by atoms with van der Waals surface area (Å²) < 4.78 is 5.15. The quantitative estimate of drug-likeness (QED) is 0.611. The van der Waals surface area contributed by atoms with Crippen molar-refractivity contribution in [3.63, 3.8) is 0 Å². The van der Waals surface area contributed by atoms with Crippen LogP contribution in [0.4, 0.5) is 4.79 Å². The molecule has 3 N–H and O–H groups in total. The first kappa shape index (κ1) is 10.7. The summed E-state index contributed by atoms with van der Waals surface area (Å²) in [6, 6.07) is 0.0453. The topological polar surface area (TPSA) is 70.6 Å². The zero-order valence-electron chi connectivity index (χ0n) is 8.74. The van der Waals surface area contributed by atoms with Crippen LogP contribution in [0.5, 0.6) is 0 Å². The van der Waals surface area contributed by atoms with E-state index in [1.807, 2.05) is 0 Å². The van der Waals surface area contributed by atoms with E-state index in [0.717, 1.165) is 25.9 Å². The van der Waals surface area contributed by atoms with Gasteiger partial charge < -0.3 is 20.5 Å². The molecule has 0 aromatic heterocycles. The number of carbonyl (C=O) groups is 1. The van der Waals surface area contributed by atoms with Gasteiger partial charge in [0.15, 0.2) is 0 Å². The SMILES string of the molecule is O=C(NCC1CC(O)C1)NC1CCOC1. The Hall–Kier alpha value is -0.810. The second kappa shape index (κ2) is 4.81. The maximum Gasteiger partial charge on any atom is 0.315 e. The Labute approximate surface area is 89.2 Å². The van der Waals surface area contributed by atoms with Gasteiger partial charge in [0.1, 0.15) is 0 Å². The Bertz CT molecular complexity index is 223. The van der Waals surface area contributed by atoms with Crippen LogP contribution in [0.1, 0.15) is 19.3 Å². The molecule has 1 unspecified atom stereocenters. The molecule has 0 aromatic carbocycles. The summed E-state index contributed by atoms with van der Waals surface area (Å²) in [6.07, 6.45) is 2.37. The van der Waals surface area contributed by atoms with Crippen molar-refractivity contribution in [2.45, 2.75) is 31.4 Å². The zero-order chi connectivity index (χ0) is 10.7. The lowest BCUT2D eigenvalue weighted by molar-refractivity contribution is 0.0440. The van der Waals surface area contributed by atoms with Crippen molar-refractivity contribution < 1.29 is 14.6 Å². The molecule has 2 fully saturated rings. The molecule has 2 amide bonds. The first-order valence-electron chi connectivity index (χ1n) is 5.54. The highest BCUT2D eigenvalue weighted by Gasteiger charge is 2.27. The van der Waals surface area contributed by atoms with Crippen molar-refractivity contribution in [2.75, 3.05) is 19.8 Å². The molecule has 2 aliphatic rings. The summed E-state index contributed by atoms with van der Waals surface area (Å²) in [5, 5.41) is 14.7. The number of aliphatic hydroxyl groups is 1. The largest absolute Gasteiger partial charge is 0.393 e. The third kappa shape index (κ3) is 3.07. The minimum Gasteiger partial charge on any atom is -0.393 e. The van der Waals surface area contributed by atoms with Crippen molar-refractivity contribution in [2.24, 2.45) is 5.92 Å². The lowest BCUT2D eigenvalue weighted by atomic mass is 9.82. The van der Waals surface area contributed by atoms with Crippen LogP contribution in [0.3, 0.4) is 0 Å². The maximum atomic E-state index is 11.4. The van der Waals surface area contributed by atoms with E-state index < -0.39 is 0 Å². The summed E-state index contributed by atoms with van der Waals surface area (Å²) in [7, 11) is 0. The van der Waals surface area contributed by atoms with Crippen LogP contribution in [0.15, 0.2) is 0 Å². The molecule has 2 rings (SSSR count). The Balaban J connectivity index is 1.56. The van der Waals surface area contributed by atoms with Crippen LogP contribution in [0.25, 0.3) is 0 Å². The van der Waals surface area contributed by atoms with E-state index in [9.17, 15) is 4.79 Å². The van der Waals surface area contributed by atoms with Gasteiger partial charge in [0, 0.05) is 13.2 Å². The zero-order valence-corrected chi connectivity index (χ0v) is 8.74. The lowest BCUT2D eigenvalue weighted by Gasteiger charge is -2.31. The maximum absolute atomic E-state index is 11.4. The number of aliphatic hydroxyl groups excluding tert-OH is 1. The Morgan fingerprint density at radius 2 is 2.27 bits per heavy atom. The van der Waals surface area contributed by atoms with Crippen LogP contribution in [0.2, 0.25) is 0 Å². The molecule has 1 atom stereocenters. The number of nitrogens with one attached hydrogen (secondary N) is 2.